The van der Waals surface area contributed by atoms with E-state index in [1.165, 1.54) is 4.90 Å². The van der Waals surface area contributed by atoms with Crippen molar-refractivity contribution in [1.29, 1.82) is 0 Å². The van der Waals surface area contributed by atoms with Gasteiger partial charge >= 0.3 is 5.97 Å². The van der Waals surface area contributed by atoms with Crippen LogP contribution in [-0.2, 0) is 19.4 Å². The molecule has 1 aliphatic heterocycles. The molecular weight excluding hydrogens is 270 g/mol. The maximum absolute atomic E-state index is 12.3. The van der Waals surface area contributed by atoms with Crippen LogP contribution in [0.3, 0.4) is 0 Å². The SMILES string of the molecule is O=C(O)C1CCCCC1C(=O)N1CCS(=O)(=O)CC1. The lowest BCUT2D eigenvalue weighted by atomic mass is 9.78. The zero-order chi connectivity index (χ0) is 14.0. The number of hydrogen-bond donors (Lipinski definition) is 1. The fraction of sp³-hybridized carbons (Fsp3) is 0.833. The standard InChI is InChI=1S/C12H19NO5S/c14-11(13-5-7-19(17,18)8-6-13)9-3-1-2-4-10(9)12(15)16/h9-10H,1-8H2,(H,15,16). The van der Waals surface area contributed by atoms with Crippen molar-refractivity contribution in [3.63, 3.8) is 0 Å². The second kappa shape index (κ2) is 5.48. The van der Waals surface area contributed by atoms with Crippen LogP contribution >= 0.6 is 0 Å². The lowest BCUT2D eigenvalue weighted by Gasteiger charge is -2.34. The monoisotopic (exact) mass is 289 g/mol. The molecule has 2 unspecified atom stereocenters. The van der Waals surface area contributed by atoms with Crippen molar-refractivity contribution in [3.05, 3.63) is 0 Å². The number of nitrogens with zero attached hydrogens (tertiary/aromatic N) is 1. The molecule has 0 aromatic rings. The second-order valence-electron chi connectivity index (χ2n) is 5.31. The van der Waals surface area contributed by atoms with Crippen molar-refractivity contribution in [3.8, 4) is 0 Å². The van der Waals surface area contributed by atoms with E-state index in [-0.39, 0.29) is 30.5 Å². The molecule has 0 spiro atoms. The van der Waals surface area contributed by atoms with Crippen molar-refractivity contribution >= 4 is 21.7 Å². The van der Waals surface area contributed by atoms with Gasteiger partial charge in [0.15, 0.2) is 9.84 Å². The number of amides is 1. The van der Waals surface area contributed by atoms with Gasteiger partial charge < -0.3 is 10.0 Å². The number of hydrogen-bond acceptors (Lipinski definition) is 4. The molecule has 7 heteroatoms. The Balaban J connectivity index is 2.04. The molecule has 2 atom stereocenters. The summed E-state index contributed by atoms with van der Waals surface area (Å²) < 4.78 is 22.7. The van der Waals surface area contributed by atoms with E-state index in [1.807, 2.05) is 0 Å². The van der Waals surface area contributed by atoms with Crippen LogP contribution in [0.15, 0.2) is 0 Å². The van der Waals surface area contributed by atoms with Crippen molar-refractivity contribution in [1.82, 2.24) is 4.90 Å². The molecule has 0 radical (unpaired) electrons. The summed E-state index contributed by atoms with van der Waals surface area (Å²) in [6.07, 6.45) is 2.85. The smallest absolute Gasteiger partial charge is 0.307 e. The van der Waals surface area contributed by atoms with Gasteiger partial charge in [0.2, 0.25) is 5.91 Å². The van der Waals surface area contributed by atoms with E-state index in [4.69, 9.17) is 0 Å². The number of carboxylic acid groups (broad SMARTS) is 1. The molecule has 1 heterocycles. The Morgan fingerprint density at radius 2 is 1.53 bits per heavy atom. The van der Waals surface area contributed by atoms with Gasteiger partial charge in [-0.05, 0) is 12.8 Å². The second-order valence-corrected chi connectivity index (χ2v) is 7.62. The van der Waals surface area contributed by atoms with Crippen LogP contribution < -0.4 is 0 Å². The molecule has 1 amide bonds. The van der Waals surface area contributed by atoms with E-state index in [0.717, 1.165) is 12.8 Å². The first-order valence-corrected chi connectivity index (χ1v) is 8.45. The molecule has 1 N–H and O–H groups in total. The molecule has 2 fully saturated rings. The Kier molecular flexibility index (Phi) is 4.13. The van der Waals surface area contributed by atoms with Crippen molar-refractivity contribution in [2.75, 3.05) is 24.6 Å². The third-order valence-electron chi connectivity index (χ3n) is 4.06. The largest absolute Gasteiger partial charge is 0.481 e. The van der Waals surface area contributed by atoms with Crippen LogP contribution in [0.5, 0.6) is 0 Å². The molecular formula is C12H19NO5S. The van der Waals surface area contributed by atoms with Gasteiger partial charge in [-0.15, -0.1) is 0 Å². The summed E-state index contributed by atoms with van der Waals surface area (Å²) in [7, 11) is -3.02. The summed E-state index contributed by atoms with van der Waals surface area (Å²) in [6.45, 7) is 0.397. The summed E-state index contributed by atoms with van der Waals surface area (Å²) in [5.74, 6) is -2.21. The van der Waals surface area contributed by atoms with E-state index in [0.29, 0.717) is 12.8 Å². The Morgan fingerprint density at radius 1 is 1.00 bits per heavy atom. The maximum atomic E-state index is 12.3. The normalized spacial score (nSPS) is 30.8. The Bertz CT molecular complexity index is 459. The predicted molar refractivity (Wildman–Crippen MR) is 68.3 cm³/mol. The highest BCUT2D eigenvalue weighted by Gasteiger charge is 2.39. The molecule has 1 saturated heterocycles. The highest BCUT2D eigenvalue weighted by molar-refractivity contribution is 7.91. The maximum Gasteiger partial charge on any atom is 0.307 e. The molecule has 6 nitrogen and oxygen atoms in total. The fourth-order valence-electron chi connectivity index (χ4n) is 2.89. The van der Waals surface area contributed by atoms with Crippen LogP contribution in [0.4, 0.5) is 0 Å². The topological polar surface area (TPSA) is 91.8 Å². The minimum Gasteiger partial charge on any atom is -0.481 e. The number of sulfone groups is 1. The van der Waals surface area contributed by atoms with E-state index >= 15 is 0 Å². The van der Waals surface area contributed by atoms with E-state index in [9.17, 15) is 23.1 Å². The third-order valence-corrected chi connectivity index (χ3v) is 5.67. The van der Waals surface area contributed by atoms with Crippen molar-refractivity contribution in [2.24, 2.45) is 11.8 Å². The average molecular weight is 289 g/mol. The first-order chi connectivity index (χ1) is 8.91. The van der Waals surface area contributed by atoms with Crippen LogP contribution in [-0.4, -0.2) is 54.9 Å². The zero-order valence-corrected chi connectivity index (χ0v) is 11.6. The molecule has 19 heavy (non-hydrogen) atoms. The van der Waals surface area contributed by atoms with Crippen LogP contribution in [0.25, 0.3) is 0 Å². The Morgan fingerprint density at radius 3 is 2.05 bits per heavy atom. The van der Waals surface area contributed by atoms with E-state index in [2.05, 4.69) is 0 Å². The van der Waals surface area contributed by atoms with Gasteiger partial charge in [-0.1, -0.05) is 12.8 Å². The van der Waals surface area contributed by atoms with Crippen molar-refractivity contribution < 1.29 is 23.1 Å². The zero-order valence-electron chi connectivity index (χ0n) is 10.7. The van der Waals surface area contributed by atoms with Crippen LogP contribution in [0.1, 0.15) is 25.7 Å². The average Bonchev–Trinajstić information content (AvgIpc) is 2.38. The van der Waals surface area contributed by atoms with Crippen LogP contribution in [0, 0.1) is 11.8 Å². The summed E-state index contributed by atoms with van der Waals surface area (Å²) in [4.78, 5) is 25.1. The quantitative estimate of drug-likeness (QED) is 0.780. The lowest BCUT2D eigenvalue weighted by Crippen LogP contribution is -2.48. The van der Waals surface area contributed by atoms with Crippen molar-refractivity contribution in [2.45, 2.75) is 25.7 Å². The Labute approximate surface area is 112 Å². The summed E-state index contributed by atoms with van der Waals surface area (Å²) >= 11 is 0. The molecule has 2 aliphatic rings. The fourth-order valence-corrected chi connectivity index (χ4v) is 4.09. The van der Waals surface area contributed by atoms with Crippen LogP contribution in [0.2, 0.25) is 0 Å². The molecule has 2 rings (SSSR count). The predicted octanol–water partition coefficient (Wildman–Crippen LogP) is 0.134. The van der Waals surface area contributed by atoms with E-state index in [1.54, 1.807) is 0 Å². The number of carbonyl (C=O) groups is 2. The first kappa shape index (κ1) is 14.3. The minimum absolute atomic E-state index is 0.0107. The molecule has 0 aromatic carbocycles. The molecule has 1 aliphatic carbocycles. The van der Waals surface area contributed by atoms with Gasteiger partial charge in [-0.2, -0.15) is 0 Å². The summed E-state index contributed by atoms with van der Waals surface area (Å²) in [6, 6.07) is 0. The number of carboxylic acids is 1. The number of rotatable bonds is 2. The highest BCUT2D eigenvalue weighted by Crippen LogP contribution is 2.32. The molecule has 0 bridgehead atoms. The number of aliphatic carboxylic acids is 1. The van der Waals surface area contributed by atoms with Gasteiger partial charge in [0.25, 0.3) is 0 Å². The van der Waals surface area contributed by atoms with Gasteiger partial charge in [0.1, 0.15) is 0 Å². The first-order valence-electron chi connectivity index (χ1n) is 6.63. The Hall–Kier alpha value is -1.11. The summed E-state index contributed by atoms with van der Waals surface area (Å²) in [5.41, 5.74) is 0. The molecule has 108 valence electrons. The molecule has 1 saturated carbocycles. The van der Waals surface area contributed by atoms with Gasteiger partial charge in [0.05, 0.1) is 23.3 Å². The number of carbonyl (C=O) groups excluding carboxylic acids is 1. The van der Waals surface area contributed by atoms with Gasteiger partial charge in [-0.3, -0.25) is 9.59 Å². The summed E-state index contributed by atoms with van der Waals surface area (Å²) in [5, 5.41) is 9.17. The van der Waals surface area contributed by atoms with Gasteiger partial charge in [-0.25, -0.2) is 8.42 Å². The molecule has 0 aromatic heterocycles. The van der Waals surface area contributed by atoms with E-state index < -0.39 is 27.6 Å². The minimum atomic E-state index is -3.02. The van der Waals surface area contributed by atoms with Gasteiger partial charge in [0, 0.05) is 13.1 Å². The lowest BCUT2D eigenvalue weighted by molar-refractivity contribution is -0.152. The highest BCUT2D eigenvalue weighted by atomic mass is 32.2. The third kappa shape index (κ3) is 3.26.